The van der Waals surface area contributed by atoms with E-state index in [-0.39, 0.29) is 25.4 Å². The highest BCUT2D eigenvalue weighted by molar-refractivity contribution is 5.80. The van der Waals surface area contributed by atoms with Crippen molar-refractivity contribution in [3.63, 3.8) is 0 Å². The number of hydrogen-bond donors (Lipinski definition) is 1. The molecular weight excluding hydrogens is 284 g/mol. The molecule has 22 heavy (non-hydrogen) atoms. The molecule has 0 heterocycles. The van der Waals surface area contributed by atoms with E-state index in [0.29, 0.717) is 25.9 Å². The van der Waals surface area contributed by atoms with Gasteiger partial charge in [-0.3, -0.25) is 9.59 Å². The van der Waals surface area contributed by atoms with Crippen molar-refractivity contribution in [3.05, 3.63) is 12.7 Å². The summed E-state index contributed by atoms with van der Waals surface area (Å²) in [5, 5.41) is 11.1. The van der Waals surface area contributed by atoms with Crippen molar-refractivity contribution in [2.24, 2.45) is 5.41 Å². The second-order valence-corrected chi connectivity index (χ2v) is 5.84. The molecule has 0 bridgehead atoms. The maximum Gasteiger partial charge on any atom is 0.315 e. The van der Waals surface area contributed by atoms with Crippen LogP contribution < -0.4 is 0 Å². The van der Waals surface area contributed by atoms with Crippen LogP contribution in [0.1, 0.15) is 58.8 Å². The predicted molar refractivity (Wildman–Crippen MR) is 83.2 cm³/mol. The Bertz CT molecular complexity index is 406. The van der Waals surface area contributed by atoms with E-state index in [0.717, 1.165) is 12.8 Å². The van der Waals surface area contributed by atoms with Crippen molar-refractivity contribution < 1.29 is 24.2 Å². The number of carbonyl (C=O) groups is 2. The molecule has 0 saturated heterocycles. The zero-order chi connectivity index (χ0) is 16.6. The summed E-state index contributed by atoms with van der Waals surface area (Å²) < 4.78 is 10.2. The largest absolute Gasteiger partial charge is 0.466 e. The summed E-state index contributed by atoms with van der Waals surface area (Å²) >= 11 is 0. The van der Waals surface area contributed by atoms with Crippen LogP contribution in [0.4, 0.5) is 0 Å². The Morgan fingerprint density at radius 3 is 2.41 bits per heavy atom. The van der Waals surface area contributed by atoms with Gasteiger partial charge in [-0.05, 0) is 39.5 Å². The van der Waals surface area contributed by atoms with Gasteiger partial charge in [-0.2, -0.15) is 0 Å². The lowest BCUT2D eigenvalue weighted by Gasteiger charge is -2.48. The summed E-state index contributed by atoms with van der Waals surface area (Å²) in [6.07, 6.45) is 5.02. The quantitative estimate of drug-likeness (QED) is 0.551. The maximum atomic E-state index is 12.6. The Morgan fingerprint density at radius 1 is 1.18 bits per heavy atom. The third kappa shape index (κ3) is 3.88. The zero-order valence-electron chi connectivity index (χ0n) is 13.7. The van der Waals surface area contributed by atoms with Crippen molar-refractivity contribution in [3.8, 4) is 0 Å². The molecule has 0 unspecified atom stereocenters. The van der Waals surface area contributed by atoms with Crippen LogP contribution in [-0.2, 0) is 19.1 Å². The molecule has 1 N–H and O–H groups in total. The number of rotatable bonds is 8. The zero-order valence-corrected chi connectivity index (χ0v) is 13.7. The number of ether oxygens (including phenoxy) is 2. The van der Waals surface area contributed by atoms with E-state index in [2.05, 4.69) is 6.58 Å². The molecule has 1 rings (SSSR count). The minimum absolute atomic E-state index is 0.103. The fourth-order valence-corrected chi connectivity index (χ4v) is 3.42. The fourth-order valence-electron chi connectivity index (χ4n) is 3.42. The van der Waals surface area contributed by atoms with Gasteiger partial charge in [0, 0.05) is 6.42 Å². The van der Waals surface area contributed by atoms with Gasteiger partial charge in [-0.25, -0.2) is 0 Å². The molecule has 0 aromatic carbocycles. The van der Waals surface area contributed by atoms with Gasteiger partial charge in [0.05, 0.1) is 24.2 Å². The van der Waals surface area contributed by atoms with E-state index in [4.69, 9.17) is 9.47 Å². The SMILES string of the molecule is C=CC[C@@]1(O)CCCC[C@@]1(CCC(=O)OCC)C(=O)OCC. The van der Waals surface area contributed by atoms with Crippen LogP contribution in [-0.4, -0.2) is 35.9 Å². The summed E-state index contributed by atoms with van der Waals surface area (Å²) in [5.74, 6) is -0.763. The van der Waals surface area contributed by atoms with Crippen LogP contribution in [0.15, 0.2) is 12.7 Å². The standard InChI is InChI=1S/C17H28O5/c1-4-10-17(20)12-8-7-11-16(17,15(19)22-6-3)13-9-14(18)21-5-2/h4,20H,1,5-13H2,2-3H3/t16-,17-/m1/s1. The Kier molecular flexibility index (Phi) is 7.07. The van der Waals surface area contributed by atoms with Gasteiger partial charge in [-0.1, -0.05) is 18.9 Å². The summed E-state index contributed by atoms with van der Waals surface area (Å²) in [6, 6.07) is 0. The van der Waals surface area contributed by atoms with E-state index >= 15 is 0 Å². The third-order valence-electron chi connectivity index (χ3n) is 4.54. The highest BCUT2D eigenvalue weighted by Crippen LogP contribution is 2.50. The average Bonchev–Trinajstić information content (AvgIpc) is 2.47. The maximum absolute atomic E-state index is 12.6. The summed E-state index contributed by atoms with van der Waals surface area (Å²) in [5.41, 5.74) is -2.26. The van der Waals surface area contributed by atoms with Crippen molar-refractivity contribution in [1.82, 2.24) is 0 Å². The summed E-state index contributed by atoms with van der Waals surface area (Å²) in [7, 11) is 0. The second-order valence-electron chi connectivity index (χ2n) is 5.84. The highest BCUT2D eigenvalue weighted by atomic mass is 16.5. The number of carbonyl (C=O) groups excluding carboxylic acids is 2. The average molecular weight is 312 g/mol. The summed E-state index contributed by atoms with van der Waals surface area (Å²) in [4.78, 5) is 24.3. The van der Waals surface area contributed by atoms with Gasteiger partial charge < -0.3 is 14.6 Å². The van der Waals surface area contributed by atoms with E-state index in [1.165, 1.54) is 0 Å². The van der Waals surface area contributed by atoms with Crippen LogP contribution in [0.3, 0.4) is 0 Å². The fraction of sp³-hybridized carbons (Fsp3) is 0.765. The van der Waals surface area contributed by atoms with E-state index in [1.807, 2.05) is 0 Å². The first-order valence-corrected chi connectivity index (χ1v) is 8.12. The van der Waals surface area contributed by atoms with Gasteiger partial charge in [-0.15, -0.1) is 6.58 Å². The molecule has 0 spiro atoms. The van der Waals surface area contributed by atoms with Crippen molar-refractivity contribution >= 4 is 11.9 Å². The number of esters is 2. The Hall–Kier alpha value is -1.36. The van der Waals surface area contributed by atoms with E-state index < -0.39 is 17.0 Å². The van der Waals surface area contributed by atoms with Crippen molar-refractivity contribution in [2.75, 3.05) is 13.2 Å². The van der Waals surface area contributed by atoms with Gasteiger partial charge in [0.15, 0.2) is 0 Å². The molecule has 1 fully saturated rings. The minimum atomic E-state index is -1.20. The first kappa shape index (κ1) is 18.7. The molecule has 1 saturated carbocycles. The first-order valence-electron chi connectivity index (χ1n) is 8.12. The van der Waals surface area contributed by atoms with Gasteiger partial charge in [0.2, 0.25) is 0 Å². The first-order chi connectivity index (χ1) is 10.5. The molecule has 5 heteroatoms. The molecule has 5 nitrogen and oxygen atoms in total. The Morgan fingerprint density at radius 2 is 1.82 bits per heavy atom. The minimum Gasteiger partial charge on any atom is -0.466 e. The molecular formula is C17H28O5. The molecule has 0 aliphatic heterocycles. The molecule has 1 aliphatic rings. The molecule has 1 aliphatic carbocycles. The lowest BCUT2D eigenvalue weighted by Crippen LogP contribution is -2.56. The van der Waals surface area contributed by atoms with Crippen LogP contribution in [0.2, 0.25) is 0 Å². The lowest BCUT2D eigenvalue weighted by molar-refractivity contribution is -0.185. The monoisotopic (exact) mass is 312 g/mol. The third-order valence-corrected chi connectivity index (χ3v) is 4.54. The number of aliphatic hydroxyl groups is 1. The van der Waals surface area contributed by atoms with Crippen LogP contribution in [0.5, 0.6) is 0 Å². The molecule has 2 atom stereocenters. The molecule has 0 radical (unpaired) electrons. The van der Waals surface area contributed by atoms with Crippen LogP contribution >= 0.6 is 0 Å². The van der Waals surface area contributed by atoms with Gasteiger partial charge >= 0.3 is 11.9 Å². The second kappa shape index (κ2) is 8.32. The highest BCUT2D eigenvalue weighted by Gasteiger charge is 2.56. The normalized spacial score (nSPS) is 28.0. The topological polar surface area (TPSA) is 72.8 Å². The van der Waals surface area contributed by atoms with Crippen molar-refractivity contribution in [1.29, 1.82) is 0 Å². The molecule has 126 valence electrons. The lowest BCUT2D eigenvalue weighted by atomic mass is 9.59. The number of hydrogen-bond acceptors (Lipinski definition) is 5. The van der Waals surface area contributed by atoms with E-state index in [9.17, 15) is 14.7 Å². The summed E-state index contributed by atoms with van der Waals surface area (Å²) in [6.45, 7) is 7.74. The van der Waals surface area contributed by atoms with Gasteiger partial charge in [0.25, 0.3) is 0 Å². The Labute approximate surface area is 132 Å². The molecule has 0 aromatic rings. The van der Waals surface area contributed by atoms with E-state index in [1.54, 1.807) is 19.9 Å². The molecule has 0 amide bonds. The molecule has 0 aromatic heterocycles. The predicted octanol–water partition coefficient (Wildman–Crippen LogP) is 2.76. The Balaban J connectivity index is 3.05. The van der Waals surface area contributed by atoms with Crippen molar-refractivity contribution in [2.45, 2.75) is 64.4 Å². The smallest absolute Gasteiger partial charge is 0.315 e. The van der Waals surface area contributed by atoms with Crippen LogP contribution in [0, 0.1) is 5.41 Å². The van der Waals surface area contributed by atoms with Gasteiger partial charge in [0.1, 0.15) is 0 Å². The van der Waals surface area contributed by atoms with Crippen LogP contribution in [0.25, 0.3) is 0 Å².